The molecular weight excluding hydrogens is 274 g/mol. The number of aryl methyl sites for hydroxylation is 2. The number of fused-ring (bicyclic) bond motifs is 1. The van der Waals surface area contributed by atoms with Gasteiger partial charge in [0.1, 0.15) is 5.69 Å². The second-order valence-corrected chi connectivity index (χ2v) is 5.36. The fourth-order valence-corrected chi connectivity index (χ4v) is 2.83. The van der Waals surface area contributed by atoms with Crippen molar-refractivity contribution in [1.82, 2.24) is 19.8 Å². The zero-order valence-corrected chi connectivity index (χ0v) is 13.5. The molecule has 0 spiro atoms. The SMILES string of the molecule is CCN(CC)c1c(C)nnc2c(C)c(-c3ccccc3)nn12. The molecule has 3 aromatic rings. The molecule has 5 nitrogen and oxygen atoms in total. The molecule has 0 atom stereocenters. The first-order valence-electron chi connectivity index (χ1n) is 7.70. The van der Waals surface area contributed by atoms with E-state index in [9.17, 15) is 0 Å². The van der Waals surface area contributed by atoms with Crippen molar-refractivity contribution >= 4 is 11.5 Å². The third-order valence-corrected chi connectivity index (χ3v) is 4.02. The smallest absolute Gasteiger partial charge is 0.183 e. The zero-order valence-electron chi connectivity index (χ0n) is 13.5. The Morgan fingerprint density at radius 2 is 1.68 bits per heavy atom. The maximum atomic E-state index is 4.83. The van der Waals surface area contributed by atoms with Crippen LogP contribution in [0.5, 0.6) is 0 Å². The molecule has 114 valence electrons. The Morgan fingerprint density at radius 1 is 1.00 bits per heavy atom. The minimum atomic E-state index is 0.825. The predicted octanol–water partition coefficient (Wildman–Crippen LogP) is 3.25. The van der Waals surface area contributed by atoms with E-state index in [2.05, 4.69) is 48.0 Å². The Hall–Kier alpha value is -2.43. The van der Waals surface area contributed by atoms with E-state index in [1.54, 1.807) is 0 Å². The van der Waals surface area contributed by atoms with Crippen molar-refractivity contribution < 1.29 is 0 Å². The van der Waals surface area contributed by atoms with Gasteiger partial charge in [0.25, 0.3) is 0 Å². The normalized spacial score (nSPS) is 11.1. The van der Waals surface area contributed by atoms with Gasteiger partial charge in [-0.1, -0.05) is 30.3 Å². The Balaban J connectivity index is 2.28. The van der Waals surface area contributed by atoms with Crippen LogP contribution < -0.4 is 4.90 Å². The van der Waals surface area contributed by atoms with Crippen molar-refractivity contribution in [2.45, 2.75) is 27.7 Å². The molecule has 22 heavy (non-hydrogen) atoms. The molecular formula is C17H21N5. The van der Waals surface area contributed by atoms with Crippen LogP contribution in [0.15, 0.2) is 30.3 Å². The van der Waals surface area contributed by atoms with E-state index < -0.39 is 0 Å². The molecule has 2 aromatic heterocycles. The van der Waals surface area contributed by atoms with Crippen molar-refractivity contribution in [3.05, 3.63) is 41.6 Å². The van der Waals surface area contributed by atoms with Crippen LogP contribution in [0.1, 0.15) is 25.1 Å². The summed E-state index contributed by atoms with van der Waals surface area (Å²) in [6.45, 7) is 10.2. The maximum absolute atomic E-state index is 4.83. The van der Waals surface area contributed by atoms with Gasteiger partial charge in [0.05, 0.1) is 5.69 Å². The minimum absolute atomic E-state index is 0.825. The molecule has 0 bridgehead atoms. The highest BCUT2D eigenvalue weighted by atomic mass is 15.4. The third-order valence-electron chi connectivity index (χ3n) is 4.02. The van der Waals surface area contributed by atoms with Crippen LogP contribution in [0.3, 0.4) is 0 Å². The number of benzene rings is 1. The highest BCUT2D eigenvalue weighted by Gasteiger charge is 2.19. The molecule has 0 saturated carbocycles. The quantitative estimate of drug-likeness (QED) is 0.741. The van der Waals surface area contributed by atoms with Gasteiger partial charge in [0.15, 0.2) is 11.5 Å². The van der Waals surface area contributed by atoms with Crippen LogP contribution in [0.25, 0.3) is 16.9 Å². The van der Waals surface area contributed by atoms with Crippen molar-refractivity contribution in [2.75, 3.05) is 18.0 Å². The van der Waals surface area contributed by atoms with Gasteiger partial charge in [-0.3, -0.25) is 0 Å². The molecule has 0 aliphatic rings. The molecule has 0 amide bonds. The van der Waals surface area contributed by atoms with Crippen LogP contribution in [0.2, 0.25) is 0 Å². The zero-order chi connectivity index (χ0) is 15.7. The summed E-state index contributed by atoms with van der Waals surface area (Å²) >= 11 is 0. The van der Waals surface area contributed by atoms with Crippen LogP contribution >= 0.6 is 0 Å². The lowest BCUT2D eigenvalue weighted by molar-refractivity contribution is 0.769. The van der Waals surface area contributed by atoms with E-state index in [-0.39, 0.29) is 0 Å². The molecule has 1 aromatic carbocycles. The Morgan fingerprint density at radius 3 is 2.32 bits per heavy atom. The molecule has 5 heteroatoms. The molecule has 0 aliphatic carbocycles. The van der Waals surface area contributed by atoms with Crippen LogP contribution in [0, 0.1) is 13.8 Å². The van der Waals surface area contributed by atoms with Gasteiger partial charge >= 0.3 is 0 Å². The van der Waals surface area contributed by atoms with Crippen LogP contribution in [0.4, 0.5) is 5.82 Å². The second kappa shape index (κ2) is 5.75. The van der Waals surface area contributed by atoms with Crippen molar-refractivity contribution in [3.8, 4) is 11.3 Å². The van der Waals surface area contributed by atoms with Crippen molar-refractivity contribution in [3.63, 3.8) is 0 Å². The highest BCUT2D eigenvalue weighted by molar-refractivity contribution is 5.71. The van der Waals surface area contributed by atoms with Crippen LogP contribution in [-0.2, 0) is 0 Å². The van der Waals surface area contributed by atoms with Crippen molar-refractivity contribution in [2.24, 2.45) is 0 Å². The summed E-state index contributed by atoms with van der Waals surface area (Å²) in [7, 11) is 0. The Kier molecular flexibility index (Phi) is 3.79. The first-order valence-corrected chi connectivity index (χ1v) is 7.70. The van der Waals surface area contributed by atoms with Gasteiger partial charge < -0.3 is 4.90 Å². The maximum Gasteiger partial charge on any atom is 0.183 e. The fraction of sp³-hybridized carbons (Fsp3) is 0.353. The lowest BCUT2D eigenvalue weighted by Gasteiger charge is -2.22. The summed E-state index contributed by atoms with van der Waals surface area (Å²) in [5.74, 6) is 1.03. The van der Waals surface area contributed by atoms with E-state index in [0.717, 1.165) is 47.1 Å². The summed E-state index contributed by atoms with van der Waals surface area (Å²) in [4.78, 5) is 2.26. The number of rotatable bonds is 4. The average molecular weight is 295 g/mol. The number of hydrogen-bond acceptors (Lipinski definition) is 4. The van der Waals surface area contributed by atoms with Crippen LogP contribution in [-0.4, -0.2) is 32.9 Å². The second-order valence-electron chi connectivity index (χ2n) is 5.36. The monoisotopic (exact) mass is 295 g/mol. The fourth-order valence-electron chi connectivity index (χ4n) is 2.83. The lowest BCUT2D eigenvalue weighted by Crippen LogP contribution is -2.26. The number of aromatic nitrogens is 4. The van der Waals surface area contributed by atoms with E-state index in [1.165, 1.54) is 0 Å². The predicted molar refractivity (Wildman–Crippen MR) is 89.3 cm³/mol. The summed E-state index contributed by atoms with van der Waals surface area (Å²) in [6, 6.07) is 10.2. The first-order chi connectivity index (χ1) is 10.7. The van der Waals surface area contributed by atoms with Gasteiger partial charge in [-0.2, -0.15) is 9.61 Å². The summed E-state index contributed by atoms with van der Waals surface area (Å²) in [5, 5.41) is 13.5. The molecule has 0 aliphatic heterocycles. The molecule has 2 heterocycles. The summed E-state index contributed by atoms with van der Waals surface area (Å²) < 4.78 is 1.94. The lowest BCUT2D eigenvalue weighted by atomic mass is 10.1. The molecule has 0 radical (unpaired) electrons. The van der Waals surface area contributed by atoms with E-state index in [0.29, 0.717) is 0 Å². The number of hydrogen-bond donors (Lipinski definition) is 0. The number of anilines is 1. The van der Waals surface area contributed by atoms with Gasteiger partial charge in [-0.05, 0) is 27.7 Å². The topological polar surface area (TPSA) is 46.3 Å². The molecule has 0 unspecified atom stereocenters. The Bertz CT molecular complexity index is 788. The first kappa shape index (κ1) is 14.5. The summed E-state index contributed by atoms with van der Waals surface area (Å²) in [5.41, 5.74) is 4.86. The largest absolute Gasteiger partial charge is 0.355 e. The molecule has 3 rings (SSSR count). The van der Waals surface area contributed by atoms with Gasteiger partial charge in [0, 0.05) is 24.2 Å². The molecule has 0 saturated heterocycles. The van der Waals surface area contributed by atoms with Crippen molar-refractivity contribution in [1.29, 1.82) is 0 Å². The Labute approximate surface area is 130 Å². The van der Waals surface area contributed by atoms with E-state index >= 15 is 0 Å². The highest BCUT2D eigenvalue weighted by Crippen LogP contribution is 2.27. The molecule has 0 fully saturated rings. The molecule has 0 N–H and O–H groups in total. The standard InChI is InChI=1S/C17H21N5/c1-5-21(6-2)17-13(4)18-19-16-12(3)15(20-22(16)17)14-10-8-7-9-11-14/h7-11H,5-6H2,1-4H3. The van der Waals surface area contributed by atoms with E-state index in [4.69, 9.17) is 5.10 Å². The van der Waals surface area contributed by atoms with E-state index in [1.807, 2.05) is 29.6 Å². The van der Waals surface area contributed by atoms with Gasteiger partial charge in [-0.25, -0.2) is 0 Å². The minimum Gasteiger partial charge on any atom is -0.355 e. The number of nitrogens with zero attached hydrogens (tertiary/aromatic N) is 5. The van der Waals surface area contributed by atoms with Gasteiger partial charge in [-0.15, -0.1) is 10.2 Å². The third kappa shape index (κ3) is 2.22. The average Bonchev–Trinajstić information content (AvgIpc) is 2.88. The summed E-state index contributed by atoms with van der Waals surface area (Å²) in [6.07, 6.45) is 0. The van der Waals surface area contributed by atoms with Gasteiger partial charge in [0.2, 0.25) is 0 Å².